The molecule has 0 aliphatic rings. The zero-order valence-corrected chi connectivity index (χ0v) is 9.89. The van der Waals surface area contributed by atoms with E-state index >= 15 is 0 Å². The van der Waals surface area contributed by atoms with Crippen LogP contribution in [0.3, 0.4) is 0 Å². The highest BCUT2D eigenvalue weighted by molar-refractivity contribution is 5.85. The topological polar surface area (TPSA) is 55.1 Å². The summed E-state index contributed by atoms with van der Waals surface area (Å²) in [6.07, 6.45) is 0.287. The van der Waals surface area contributed by atoms with E-state index in [1.54, 1.807) is 19.1 Å². The molecule has 5 heteroatoms. The van der Waals surface area contributed by atoms with E-state index in [0.29, 0.717) is 6.54 Å². The summed E-state index contributed by atoms with van der Waals surface area (Å²) in [5, 5.41) is 2.67. The largest absolute Gasteiger partial charge is 0.352 e. The van der Waals surface area contributed by atoms with Crippen LogP contribution in [-0.4, -0.2) is 11.9 Å². The number of nitrogens with one attached hydrogen (secondary N) is 1. The van der Waals surface area contributed by atoms with Crippen molar-refractivity contribution in [3.05, 3.63) is 35.6 Å². The van der Waals surface area contributed by atoms with Gasteiger partial charge in [-0.25, -0.2) is 4.39 Å². The van der Waals surface area contributed by atoms with Gasteiger partial charge in [-0.2, -0.15) is 0 Å². The van der Waals surface area contributed by atoms with Crippen LogP contribution in [0.1, 0.15) is 18.9 Å². The number of rotatable bonds is 4. The number of benzene rings is 1. The smallest absolute Gasteiger partial charge is 0.221 e. The van der Waals surface area contributed by atoms with Gasteiger partial charge in [0.1, 0.15) is 5.82 Å². The Morgan fingerprint density at radius 3 is 2.81 bits per heavy atom. The van der Waals surface area contributed by atoms with E-state index in [9.17, 15) is 9.18 Å². The van der Waals surface area contributed by atoms with Crippen molar-refractivity contribution in [3.63, 3.8) is 0 Å². The van der Waals surface area contributed by atoms with Crippen molar-refractivity contribution in [2.45, 2.75) is 25.9 Å². The summed E-state index contributed by atoms with van der Waals surface area (Å²) in [5.41, 5.74) is 6.21. The highest BCUT2D eigenvalue weighted by Gasteiger charge is 2.04. The van der Waals surface area contributed by atoms with Crippen LogP contribution in [0.15, 0.2) is 24.3 Å². The van der Waals surface area contributed by atoms with Crippen molar-refractivity contribution in [1.82, 2.24) is 5.32 Å². The van der Waals surface area contributed by atoms with E-state index in [4.69, 9.17) is 5.73 Å². The molecule has 0 radical (unpaired) electrons. The summed E-state index contributed by atoms with van der Waals surface area (Å²) < 4.78 is 12.8. The molecule has 0 fully saturated rings. The molecule has 1 atom stereocenters. The molecule has 3 N–H and O–H groups in total. The Kier molecular flexibility index (Phi) is 6.69. The van der Waals surface area contributed by atoms with Gasteiger partial charge in [0.15, 0.2) is 0 Å². The maximum atomic E-state index is 12.8. The van der Waals surface area contributed by atoms with Crippen molar-refractivity contribution in [2.75, 3.05) is 0 Å². The molecule has 1 amide bonds. The van der Waals surface area contributed by atoms with Crippen LogP contribution in [0.5, 0.6) is 0 Å². The van der Waals surface area contributed by atoms with E-state index in [0.717, 1.165) is 5.56 Å². The number of amides is 1. The van der Waals surface area contributed by atoms with E-state index in [1.165, 1.54) is 12.1 Å². The Morgan fingerprint density at radius 1 is 1.56 bits per heavy atom. The molecule has 1 rings (SSSR count). The molecule has 0 heterocycles. The average molecular weight is 247 g/mol. The molecule has 90 valence electrons. The lowest BCUT2D eigenvalue weighted by atomic mass is 10.2. The number of halogens is 2. The van der Waals surface area contributed by atoms with Gasteiger partial charge >= 0.3 is 0 Å². The average Bonchev–Trinajstić information content (AvgIpc) is 2.14. The zero-order chi connectivity index (χ0) is 11.3. The third kappa shape index (κ3) is 5.68. The molecule has 0 saturated carbocycles. The molecule has 0 aromatic heterocycles. The van der Waals surface area contributed by atoms with E-state index in [2.05, 4.69) is 5.32 Å². The molecule has 0 spiro atoms. The first-order valence-corrected chi connectivity index (χ1v) is 4.84. The first kappa shape index (κ1) is 14.9. The lowest BCUT2D eigenvalue weighted by molar-refractivity contribution is -0.121. The van der Waals surface area contributed by atoms with Crippen molar-refractivity contribution < 1.29 is 9.18 Å². The van der Waals surface area contributed by atoms with Gasteiger partial charge in [-0.1, -0.05) is 12.1 Å². The van der Waals surface area contributed by atoms with Gasteiger partial charge in [0.2, 0.25) is 5.91 Å². The SMILES string of the molecule is CC(N)CC(=O)NCc1cccc(F)c1.Cl. The predicted octanol–water partition coefficient (Wildman–Crippen LogP) is 1.60. The van der Waals surface area contributed by atoms with Crippen LogP contribution < -0.4 is 11.1 Å². The normalized spacial score (nSPS) is 11.4. The summed E-state index contributed by atoms with van der Waals surface area (Å²) in [7, 11) is 0. The molecule has 0 saturated heterocycles. The fourth-order valence-electron chi connectivity index (χ4n) is 1.21. The molecular formula is C11H16ClFN2O. The van der Waals surface area contributed by atoms with Crippen LogP contribution >= 0.6 is 12.4 Å². The van der Waals surface area contributed by atoms with Gasteiger partial charge < -0.3 is 11.1 Å². The lowest BCUT2D eigenvalue weighted by Crippen LogP contribution is -2.29. The molecule has 0 aliphatic heterocycles. The second kappa shape index (κ2) is 7.19. The third-order valence-corrected chi connectivity index (χ3v) is 1.89. The standard InChI is InChI=1S/C11H15FN2O.ClH/c1-8(13)5-11(15)14-7-9-3-2-4-10(12)6-9;/h2-4,6,8H,5,7,13H2,1H3,(H,14,15);1H. The Hall–Kier alpha value is -1.13. The Balaban J connectivity index is 0.00000225. The fourth-order valence-corrected chi connectivity index (χ4v) is 1.21. The van der Waals surface area contributed by atoms with E-state index in [-0.39, 0.29) is 36.6 Å². The van der Waals surface area contributed by atoms with Crippen LogP contribution in [0.25, 0.3) is 0 Å². The van der Waals surface area contributed by atoms with E-state index in [1.807, 2.05) is 0 Å². The summed E-state index contributed by atoms with van der Waals surface area (Å²) in [6, 6.07) is 5.98. The van der Waals surface area contributed by atoms with Gasteiger partial charge in [-0.3, -0.25) is 4.79 Å². The first-order valence-electron chi connectivity index (χ1n) is 4.84. The van der Waals surface area contributed by atoms with Crippen LogP contribution in [0.2, 0.25) is 0 Å². The second-order valence-corrected chi connectivity index (χ2v) is 3.59. The highest BCUT2D eigenvalue weighted by Crippen LogP contribution is 2.02. The molecule has 0 aliphatic carbocycles. The van der Waals surface area contributed by atoms with Gasteiger partial charge in [0, 0.05) is 19.0 Å². The van der Waals surface area contributed by atoms with Crippen molar-refractivity contribution in [3.8, 4) is 0 Å². The zero-order valence-electron chi connectivity index (χ0n) is 9.07. The molecule has 1 aromatic rings. The number of hydrogen-bond acceptors (Lipinski definition) is 2. The Bertz CT molecular complexity index is 345. The predicted molar refractivity (Wildman–Crippen MR) is 63.8 cm³/mol. The summed E-state index contributed by atoms with van der Waals surface area (Å²) in [5.74, 6) is -0.414. The molecule has 1 aromatic carbocycles. The van der Waals surface area contributed by atoms with Gasteiger partial charge in [-0.15, -0.1) is 12.4 Å². The number of carbonyl (C=O) groups is 1. The fraction of sp³-hybridized carbons (Fsp3) is 0.364. The maximum absolute atomic E-state index is 12.8. The summed E-state index contributed by atoms with van der Waals surface area (Å²) in [4.78, 5) is 11.2. The quantitative estimate of drug-likeness (QED) is 0.848. The minimum absolute atomic E-state index is 0. The van der Waals surface area contributed by atoms with Crippen molar-refractivity contribution in [1.29, 1.82) is 0 Å². The number of carbonyl (C=O) groups excluding carboxylic acids is 1. The third-order valence-electron chi connectivity index (χ3n) is 1.89. The number of nitrogens with two attached hydrogens (primary N) is 1. The van der Waals surface area contributed by atoms with Gasteiger partial charge in [-0.05, 0) is 24.6 Å². The molecular weight excluding hydrogens is 231 g/mol. The van der Waals surface area contributed by atoms with Crippen LogP contribution in [0.4, 0.5) is 4.39 Å². The molecule has 3 nitrogen and oxygen atoms in total. The maximum Gasteiger partial charge on any atom is 0.221 e. The lowest BCUT2D eigenvalue weighted by Gasteiger charge is -2.07. The monoisotopic (exact) mass is 246 g/mol. The molecule has 0 bridgehead atoms. The van der Waals surface area contributed by atoms with Gasteiger partial charge in [0.05, 0.1) is 0 Å². The Labute approximate surface area is 101 Å². The minimum Gasteiger partial charge on any atom is -0.352 e. The molecule has 1 unspecified atom stereocenters. The first-order chi connectivity index (χ1) is 7.08. The number of hydrogen-bond donors (Lipinski definition) is 2. The van der Waals surface area contributed by atoms with Gasteiger partial charge in [0.25, 0.3) is 0 Å². The van der Waals surface area contributed by atoms with Crippen LogP contribution in [0, 0.1) is 5.82 Å². The molecule has 16 heavy (non-hydrogen) atoms. The summed E-state index contributed by atoms with van der Waals surface area (Å²) in [6.45, 7) is 2.10. The minimum atomic E-state index is -0.297. The van der Waals surface area contributed by atoms with Crippen molar-refractivity contribution in [2.24, 2.45) is 5.73 Å². The van der Waals surface area contributed by atoms with E-state index < -0.39 is 0 Å². The highest BCUT2D eigenvalue weighted by atomic mass is 35.5. The summed E-state index contributed by atoms with van der Waals surface area (Å²) >= 11 is 0. The second-order valence-electron chi connectivity index (χ2n) is 3.59. The van der Waals surface area contributed by atoms with Crippen molar-refractivity contribution >= 4 is 18.3 Å². The Morgan fingerprint density at radius 2 is 2.25 bits per heavy atom. The van der Waals surface area contributed by atoms with Crippen LogP contribution in [-0.2, 0) is 11.3 Å².